The molecule has 140 valence electrons. The summed E-state index contributed by atoms with van der Waals surface area (Å²) in [7, 11) is 0. The van der Waals surface area contributed by atoms with E-state index >= 15 is 0 Å². The Morgan fingerprint density at radius 3 is 2.63 bits per heavy atom. The van der Waals surface area contributed by atoms with Gasteiger partial charge in [0.25, 0.3) is 5.56 Å². The molecule has 8 heteroatoms. The van der Waals surface area contributed by atoms with Crippen LogP contribution in [0.2, 0.25) is 0 Å². The fourth-order valence-electron chi connectivity index (χ4n) is 3.79. The number of anilines is 1. The van der Waals surface area contributed by atoms with Gasteiger partial charge < -0.3 is 4.90 Å². The Morgan fingerprint density at radius 1 is 1.19 bits per heavy atom. The monoisotopic (exact) mass is 369 g/mol. The van der Waals surface area contributed by atoms with E-state index in [-0.39, 0.29) is 23.0 Å². The van der Waals surface area contributed by atoms with Crippen LogP contribution < -0.4 is 16.1 Å². The maximum Gasteiger partial charge on any atom is 0.330 e. The molecule has 7 nitrogen and oxygen atoms in total. The highest BCUT2D eigenvalue weighted by atomic mass is 19.1. The summed E-state index contributed by atoms with van der Waals surface area (Å²) in [4.78, 5) is 38.2. The van der Waals surface area contributed by atoms with Crippen LogP contribution in [0.3, 0.4) is 0 Å². The first kappa shape index (κ1) is 17.4. The normalized spacial score (nSPS) is 15.4. The van der Waals surface area contributed by atoms with E-state index in [2.05, 4.69) is 15.0 Å². The SMILES string of the molecule is Cc1cnc2c(=O)n(C3CCN(c4c(C)cccc4F)CC3)c(=O)[nH]c2n1. The molecule has 1 fully saturated rings. The summed E-state index contributed by atoms with van der Waals surface area (Å²) >= 11 is 0. The lowest BCUT2D eigenvalue weighted by Crippen LogP contribution is -2.44. The maximum absolute atomic E-state index is 14.2. The minimum atomic E-state index is -0.479. The van der Waals surface area contributed by atoms with E-state index in [0.717, 1.165) is 5.56 Å². The van der Waals surface area contributed by atoms with Crippen LogP contribution in [0.1, 0.15) is 30.1 Å². The first-order chi connectivity index (χ1) is 13.0. The van der Waals surface area contributed by atoms with Gasteiger partial charge in [0, 0.05) is 25.3 Å². The average Bonchev–Trinajstić information content (AvgIpc) is 2.62. The molecule has 0 saturated carbocycles. The number of hydrogen-bond donors (Lipinski definition) is 1. The molecule has 0 radical (unpaired) electrons. The summed E-state index contributed by atoms with van der Waals surface area (Å²) in [5.74, 6) is -0.250. The molecule has 1 aromatic carbocycles. The Balaban J connectivity index is 1.65. The molecule has 1 N–H and O–H groups in total. The molecule has 27 heavy (non-hydrogen) atoms. The van der Waals surface area contributed by atoms with Crippen molar-refractivity contribution in [1.82, 2.24) is 19.5 Å². The van der Waals surface area contributed by atoms with Gasteiger partial charge >= 0.3 is 5.69 Å². The highest BCUT2D eigenvalue weighted by Crippen LogP contribution is 2.29. The van der Waals surface area contributed by atoms with Crippen LogP contribution in [0.15, 0.2) is 34.0 Å². The second-order valence-corrected chi connectivity index (χ2v) is 6.94. The van der Waals surface area contributed by atoms with E-state index in [1.54, 1.807) is 13.0 Å². The number of halogens is 1. The molecular weight excluding hydrogens is 349 g/mol. The van der Waals surface area contributed by atoms with Gasteiger partial charge in [-0.15, -0.1) is 0 Å². The number of benzene rings is 1. The van der Waals surface area contributed by atoms with Crippen molar-refractivity contribution in [2.75, 3.05) is 18.0 Å². The van der Waals surface area contributed by atoms with Crippen molar-refractivity contribution in [2.24, 2.45) is 0 Å². The topological polar surface area (TPSA) is 83.9 Å². The number of nitrogens with one attached hydrogen (secondary N) is 1. The van der Waals surface area contributed by atoms with Crippen LogP contribution in [-0.2, 0) is 0 Å². The van der Waals surface area contributed by atoms with Crippen molar-refractivity contribution in [3.63, 3.8) is 0 Å². The fourth-order valence-corrected chi connectivity index (χ4v) is 3.79. The number of para-hydroxylation sites is 1. The third-order valence-corrected chi connectivity index (χ3v) is 5.09. The molecule has 0 aliphatic carbocycles. The lowest BCUT2D eigenvalue weighted by molar-refractivity contribution is 0.374. The van der Waals surface area contributed by atoms with Crippen molar-refractivity contribution in [2.45, 2.75) is 32.7 Å². The molecule has 0 unspecified atom stereocenters. The molecule has 2 aromatic heterocycles. The predicted molar refractivity (Wildman–Crippen MR) is 101 cm³/mol. The number of aryl methyl sites for hydroxylation is 2. The third kappa shape index (κ3) is 3.01. The summed E-state index contributed by atoms with van der Waals surface area (Å²) in [6, 6.07) is 4.77. The molecule has 1 aliphatic heterocycles. The molecule has 3 aromatic rings. The van der Waals surface area contributed by atoms with Crippen molar-refractivity contribution >= 4 is 16.9 Å². The molecule has 1 aliphatic rings. The predicted octanol–water partition coefficient (Wildman–Crippen LogP) is 2.08. The zero-order valence-electron chi connectivity index (χ0n) is 15.2. The van der Waals surface area contributed by atoms with Crippen LogP contribution >= 0.6 is 0 Å². The fraction of sp³-hybridized carbons (Fsp3) is 0.368. The van der Waals surface area contributed by atoms with Gasteiger partial charge in [-0.1, -0.05) is 12.1 Å². The third-order valence-electron chi connectivity index (χ3n) is 5.09. The minimum absolute atomic E-state index is 0.160. The molecule has 0 atom stereocenters. The van der Waals surface area contributed by atoms with E-state index in [0.29, 0.717) is 37.3 Å². The molecular formula is C19H20FN5O2. The summed E-state index contributed by atoms with van der Waals surface area (Å²) in [6.45, 7) is 4.76. The summed E-state index contributed by atoms with van der Waals surface area (Å²) in [5, 5.41) is 0. The maximum atomic E-state index is 14.2. The van der Waals surface area contributed by atoms with Gasteiger partial charge in [-0.05, 0) is 38.3 Å². The van der Waals surface area contributed by atoms with Crippen molar-refractivity contribution in [3.8, 4) is 0 Å². The van der Waals surface area contributed by atoms with Crippen LogP contribution in [0.5, 0.6) is 0 Å². The van der Waals surface area contributed by atoms with Gasteiger partial charge in [0.05, 0.1) is 11.4 Å². The van der Waals surface area contributed by atoms with Gasteiger partial charge in [0.1, 0.15) is 5.82 Å². The Morgan fingerprint density at radius 2 is 1.93 bits per heavy atom. The van der Waals surface area contributed by atoms with Gasteiger partial charge in [0.15, 0.2) is 11.2 Å². The largest absolute Gasteiger partial charge is 0.369 e. The molecule has 1 saturated heterocycles. The molecule has 3 heterocycles. The van der Waals surface area contributed by atoms with Crippen LogP contribution in [-0.4, -0.2) is 32.6 Å². The van der Waals surface area contributed by atoms with E-state index in [9.17, 15) is 14.0 Å². The Bertz CT molecular complexity index is 1110. The van der Waals surface area contributed by atoms with Gasteiger partial charge in [0.2, 0.25) is 0 Å². The zero-order chi connectivity index (χ0) is 19.1. The van der Waals surface area contributed by atoms with Crippen molar-refractivity contribution < 1.29 is 4.39 Å². The Hall–Kier alpha value is -3.03. The second-order valence-electron chi connectivity index (χ2n) is 6.94. The molecule has 0 amide bonds. The summed E-state index contributed by atoms with van der Waals surface area (Å²) < 4.78 is 15.5. The van der Waals surface area contributed by atoms with Gasteiger partial charge in [-0.25, -0.2) is 19.2 Å². The number of rotatable bonds is 2. The van der Waals surface area contributed by atoms with Crippen LogP contribution in [0, 0.1) is 19.7 Å². The Labute approximate surface area is 154 Å². The smallest absolute Gasteiger partial charge is 0.330 e. The first-order valence-electron chi connectivity index (χ1n) is 8.94. The van der Waals surface area contributed by atoms with Gasteiger partial charge in [-0.3, -0.25) is 14.3 Å². The summed E-state index contributed by atoms with van der Waals surface area (Å²) in [5.41, 5.74) is 1.56. The number of fused-ring (bicyclic) bond motifs is 1. The average molecular weight is 369 g/mol. The van der Waals surface area contributed by atoms with Crippen molar-refractivity contribution in [3.05, 3.63) is 62.3 Å². The van der Waals surface area contributed by atoms with Crippen molar-refractivity contribution in [1.29, 1.82) is 0 Å². The van der Waals surface area contributed by atoms with Crippen LogP contribution in [0.4, 0.5) is 10.1 Å². The minimum Gasteiger partial charge on any atom is -0.369 e. The number of H-pyrrole nitrogens is 1. The van der Waals surface area contributed by atoms with E-state index in [4.69, 9.17) is 0 Å². The number of aromatic amines is 1. The summed E-state index contributed by atoms with van der Waals surface area (Å²) in [6.07, 6.45) is 2.65. The quantitative estimate of drug-likeness (QED) is 0.748. The highest BCUT2D eigenvalue weighted by molar-refractivity contribution is 5.67. The standard InChI is InChI=1S/C19H20FN5O2/c1-11-4-3-5-14(20)16(11)24-8-6-13(7-9-24)25-18(26)15-17(23-19(25)27)22-12(2)10-21-15/h3-5,10,13H,6-9H2,1-2H3,(H,22,23,27). The van der Waals surface area contributed by atoms with Gasteiger partial charge in [-0.2, -0.15) is 0 Å². The zero-order valence-corrected chi connectivity index (χ0v) is 15.2. The number of hydrogen-bond acceptors (Lipinski definition) is 5. The van der Waals surface area contributed by atoms with E-state index < -0.39 is 11.2 Å². The number of aromatic nitrogens is 4. The lowest BCUT2D eigenvalue weighted by atomic mass is 10.0. The second kappa shape index (κ2) is 6.61. The Kier molecular flexibility index (Phi) is 4.25. The number of piperidine rings is 1. The van der Waals surface area contributed by atoms with E-state index in [1.807, 2.05) is 17.9 Å². The molecule has 0 spiro atoms. The number of nitrogens with zero attached hydrogens (tertiary/aromatic N) is 4. The molecule has 0 bridgehead atoms. The first-order valence-corrected chi connectivity index (χ1v) is 8.94. The van der Waals surface area contributed by atoms with E-state index in [1.165, 1.54) is 16.8 Å². The molecule has 4 rings (SSSR count). The van der Waals surface area contributed by atoms with Crippen LogP contribution in [0.25, 0.3) is 11.2 Å². The lowest BCUT2D eigenvalue weighted by Gasteiger charge is -2.35. The highest BCUT2D eigenvalue weighted by Gasteiger charge is 2.26.